The van der Waals surface area contributed by atoms with E-state index in [0.29, 0.717) is 6.04 Å². The summed E-state index contributed by atoms with van der Waals surface area (Å²) >= 11 is 1.29. The summed E-state index contributed by atoms with van der Waals surface area (Å²) in [5.74, 6) is 0. The van der Waals surface area contributed by atoms with Crippen molar-refractivity contribution in [2.75, 3.05) is 6.54 Å². The van der Waals surface area contributed by atoms with E-state index in [1.807, 2.05) is 6.07 Å². The third kappa shape index (κ3) is 1.93. The summed E-state index contributed by atoms with van der Waals surface area (Å²) in [6.07, 6.45) is 3.52. The van der Waals surface area contributed by atoms with Crippen LogP contribution in [0.1, 0.15) is 30.2 Å². The fourth-order valence-electron chi connectivity index (χ4n) is 1.72. The lowest BCUT2D eigenvalue weighted by atomic mass is 10.0. The first-order valence-electron chi connectivity index (χ1n) is 4.75. The number of hydrogen-bond donors (Lipinski definition) is 1. The van der Waals surface area contributed by atoms with Gasteiger partial charge < -0.3 is 5.32 Å². The molecule has 1 aromatic heterocycles. The highest BCUT2D eigenvalue weighted by atomic mass is 32.1. The van der Waals surface area contributed by atoms with E-state index >= 15 is 0 Å². The summed E-state index contributed by atoms with van der Waals surface area (Å²) in [6.45, 7) is 1.02. The van der Waals surface area contributed by atoms with Crippen molar-refractivity contribution in [3.8, 4) is 0 Å². The molecule has 2 rings (SSSR count). The fraction of sp³-hybridized carbons (Fsp3) is 0.556. The van der Waals surface area contributed by atoms with Gasteiger partial charge in [0, 0.05) is 17.0 Å². The molecule has 0 amide bonds. The van der Waals surface area contributed by atoms with Gasteiger partial charge in [0.25, 0.3) is 0 Å². The number of nitrogens with one attached hydrogen (secondary N) is 1. The molecule has 1 aliphatic heterocycles. The minimum Gasteiger partial charge on any atom is -0.309 e. The minimum atomic E-state index is -0.322. The lowest BCUT2D eigenvalue weighted by Crippen LogP contribution is -2.25. The first kappa shape index (κ1) is 9.61. The molecule has 1 atom stereocenters. The normalized spacial score (nSPS) is 22.1. The van der Waals surface area contributed by atoms with Crippen LogP contribution in [0.3, 0.4) is 0 Å². The van der Waals surface area contributed by atoms with Gasteiger partial charge in [-0.2, -0.15) is 0 Å². The summed E-state index contributed by atoms with van der Waals surface area (Å²) in [5, 5.41) is 14.1. The van der Waals surface area contributed by atoms with Crippen LogP contribution in [-0.4, -0.2) is 11.5 Å². The highest BCUT2D eigenvalue weighted by Crippen LogP contribution is 2.32. The molecule has 0 saturated carbocycles. The van der Waals surface area contributed by atoms with Crippen molar-refractivity contribution in [3.63, 3.8) is 0 Å². The van der Waals surface area contributed by atoms with E-state index in [2.05, 4.69) is 5.32 Å². The highest BCUT2D eigenvalue weighted by Gasteiger charge is 2.19. The quantitative estimate of drug-likeness (QED) is 0.605. The number of nitrogens with zero attached hydrogens (tertiary/aromatic N) is 1. The standard InChI is InChI=1S/C9H12N2O2S/c12-11(13)9-5-4-8(14-9)7-3-1-2-6-10-7/h4-5,7,10H,1-3,6H2/t7-/m1/s1. The molecule has 1 aliphatic rings. The summed E-state index contributed by atoms with van der Waals surface area (Å²) in [6, 6.07) is 3.80. The molecule has 1 fully saturated rings. The first-order valence-corrected chi connectivity index (χ1v) is 5.56. The van der Waals surface area contributed by atoms with E-state index in [9.17, 15) is 10.1 Å². The molecule has 0 radical (unpaired) electrons. The van der Waals surface area contributed by atoms with Crippen LogP contribution in [0, 0.1) is 10.1 Å². The Hall–Kier alpha value is -0.940. The van der Waals surface area contributed by atoms with Gasteiger partial charge in [-0.05, 0) is 25.5 Å². The Balaban J connectivity index is 2.11. The van der Waals surface area contributed by atoms with Crippen molar-refractivity contribution in [2.24, 2.45) is 0 Å². The van der Waals surface area contributed by atoms with Crippen molar-refractivity contribution in [2.45, 2.75) is 25.3 Å². The SMILES string of the molecule is O=[N+]([O-])c1ccc([C@H]2CCCCN2)s1. The molecule has 1 N–H and O–H groups in total. The zero-order valence-corrected chi connectivity index (χ0v) is 8.55. The molecule has 2 heterocycles. The van der Waals surface area contributed by atoms with Crippen molar-refractivity contribution in [1.82, 2.24) is 5.32 Å². The van der Waals surface area contributed by atoms with Gasteiger partial charge in [0.15, 0.2) is 0 Å². The smallest absolute Gasteiger partial charge is 0.309 e. The van der Waals surface area contributed by atoms with Gasteiger partial charge >= 0.3 is 5.00 Å². The van der Waals surface area contributed by atoms with Crippen LogP contribution < -0.4 is 5.32 Å². The third-order valence-electron chi connectivity index (χ3n) is 2.45. The third-order valence-corrected chi connectivity index (χ3v) is 3.60. The van der Waals surface area contributed by atoms with Crippen molar-refractivity contribution in [1.29, 1.82) is 0 Å². The molecule has 0 spiro atoms. The second kappa shape index (κ2) is 4.06. The summed E-state index contributed by atoms with van der Waals surface area (Å²) in [4.78, 5) is 11.3. The van der Waals surface area contributed by atoms with Crippen LogP contribution in [0.15, 0.2) is 12.1 Å². The van der Waals surface area contributed by atoms with Crippen LogP contribution in [0.2, 0.25) is 0 Å². The Morgan fingerprint density at radius 2 is 2.36 bits per heavy atom. The minimum absolute atomic E-state index is 0.243. The zero-order chi connectivity index (χ0) is 9.97. The average molecular weight is 212 g/mol. The van der Waals surface area contributed by atoms with E-state index in [1.165, 1.54) is 24.2 Å². The van der Waals surface area contributed by atoms with Crippen LogP contribution in [0.25, 0.3) is 0 Å². The van der Waals surface area contributed by atoms with Crippen molar-refractivity contribution < 1.29 is 4.92 Å². The molecule has 0 unspecified atom stereocenters. The molecule has 0 bridgehead atoms. The van der Waals surface area contributed by atoms with E-state index < -0.39 is 0 Å². The molecular weight excluding hydrogens is 200 g/mol. The van der Waals surface area contributed by atoms with E-state index in [0.717, 1.165) is 17.8 Å². The molecule has 5 heteroatoms. The molecule has 1 aromatic rings. The average Bonchev–Trinajstić information content (AvgIpc) is 2.68. The maximum atomic E-state index is 10.5. The predicted molar refractivity (Wildman–Crippen MR) is 55.6 cm³/mol. The summed E-state index contributed by atoms with van der Waals surface area (Å²) in [5.41, 5.74) is 0. The molecular formula is C9H12N2O2S. The summed E-state index contributed by atoms with van der Waals surface area (Å²) < 4.78 is 0. The van der Waals surface area contributed by atoms with Crippen molar-refractivity contribution in [3.05, 3.63) is 27.1 Å². The molecule has 76 valence electrons. The second-order valence-corrected chi connectivity index (χ2v) is 4.53. The first-order chi connectivity index (χ1) is 6.77. The fourth-order valence-corrected chi connectivity index (χ4v) is 2.65. The Morgan fingerprint density at radius 1 is 1.50 bits per heavy atom. The van der Waals surface area contributed by atoms with Crippen molar-refractivity contribution >= 4 is 16.3 Å². The van der Waals surface area contributed by atoms with Gasteiger partial charge in [0.1, 0.15) is 0 Å². The number of hydrogen-bond acceptors (Lipinski definition) is 4. The topological polar surface area (TPSA) is 55.2 Å². The monoisotopic (exact) mass is 212 g/mol. The van der Waals surface area contributed by atoms with Gasteiger partial charge in [-0.3, -0.25) is 10.1 Å². The predicted octanol–water partition coefficient (Wildman–Crippen LogP) is 2.47. The molecule has 1 saturated heterocycles. The number of piperidine rings is 1. The largest absolute Gasteiger partial charge is 0.324 e. The van der Waals surface area contributed by atoms with E-state index in [4.69, 9.17) is 0 Å². The zero-order valence-electron chi connectivity index (χ0n) is 7.73. The molecule has 4 nitrogen and oxygen atoms in total. The number of thiophene rings is 1. The van der Waals surface area contributed by atoms with Crippen LogP contribution in [0.5, 0.6) is 0 Å². The lowest BCUT2D eigenvalue weighted by molar-refractivity contribution is -0.380. The molecule has 14 heavy (non-hydrogen) atoms. The summed E-state index contributed by atoms with van der Waals surface area (Å²) in [7, 11) is 0. The van der Waals surface area contributed by atoms with Gasteiger partial charge in [0.05, 0.1) is 4.92 Å². The Morgan fingerprint density at radius 3 is 2.93 bits per heavy atom. The maximum Gasteiger partial charge on any atom is 0.324 e. The van der Waals surface area contributed by atoms with E-state index in [-0.39, 0.29) is 9.92 Å². The number of rotatable bonds is 2. The second-order valence-electron chi connectivity index (χ2n) is 3.44. The Labute approximate surface area is 86.1 Å². The number of nitro groups is 1. The van der Waals surface area contributed by atoms with Crippen LogP contribution in [0.4, 0.5) is 5.00 Å². The van der Waals surface area contributed by atoms with Crippen LogP contribution in [-0.2, 0) is 0 Å². The Bertz CT molecular complexity index is 331. The van der Waals surface area contributed by atoms with E-state index in [1.54, 1.807) is 6.07 Å². The van der Waals surface area contributed by atoms with Gasteiger partial charge in [0.2, 0.25) is 0 Å². The molecule has 0 aromatic carbocycles. The lowest BCUT2D eigenvalue weighted by Gasteiger charge is -2.21. The van der Waals surface area contributed by atoms with Gasteiger partial charge in [-0.25, -0.2) is 0 Å². The molecule has 0 aliphatic carbocycles. The maximum absolute atomic E-state index is 10.5. The Kier molecular flexibility index (Phi) is 2.79. The highest BCUT2D eigenvalue weighted by molar-refractivity contribution is 7.15. The van der Waals surface area contributed by atoms with Crippen LogP contribution >= 0.6 is 11.3 Å². The van der Waals surface area contributed by atoms with Gasteiger partial charge in [-0.1, -0.05) is 17.8 Å². The van der Waals surface area contributed by atoms with Gasteiger partial charge in [-0.15, -0.1) is 0 Å².